The number of aryl methyl sites for hydroxylation is 3. The molecule has 0 aliphatic carbocycles. The second kappa shape index (κ2) is 9.24. The van der Waals surface area contributed by atoms with Crippen molar-refractivity contribution >= 4 is 23.5 Å². The predicted octanol–water partition coefficient (Wildman–Crippen LogP) is 4.39. The average Bonchev–Trinajstić information content (AvgIpc) is 3.19. The fraction of sp³-hybridized carbons (Fsp3) is 0.375. The Balaban J connectivity index is 1.66. The topological polar surface area (TPSA) is 60.2 Å². The first-order chi connectivity index (χ1) is 14.9. The van der Waals surface area contributed by atoms with Crippen LogP contribution in [0.4, 0.5) is 5.95 Å². The monoisotopic (exact) mass is 436 g/mol. The number of benzene rings is 2. The van der Waals surface area contributed by atoms with E-state index in [2.05, 4.69) is 51.7 Å². The molecule has 31 heavy (non-hydrogen) atoms. The van der Waals surface area contributed by atoms with Crippen LogP contribution in [0.1, 0.15) is 34.0 Å². The van der Waals surface area contributed by atoms with Gasteiger partial charge in [-0.1, -0.05) is 36.0 Å². The van der Waals surface area contributed by atoms with E-state index >= 15 is 0 Å². The summed E-state index contributed by atoms with van der Waals surface area (Å²) in [5.74, 6) is 0.891. The van der Waals surface area contributed by atoms with Gasteiger partial charge in [0.05, 0.1) is 24.2 Å². The molecular weight excluding hydrogens is 408 g/mol. The van der Waals surface area contributed by atoms with Crippen molar-refractivity contribution in [2.75, 3.05) is 31.2 Å². The van der Waals surface area contributed by atoms with Crippen molar-refractivity contribution in [1.82, 2.24) is 14.8 Å². The highest BCUT2D eigenvalue weighted by Gasteiger charge is 2.25. The largest absolute Gasteiger partial charge is 0.378 e. The maximum absolute atomic E-state index is 13.1. The maximum Gasteiger partial charge on any atom is 0.232 e. The van der Waals surface area contributed by atoms with Crippen LogP contribution in [-0.2, 0) is 4.74 Å². The summed E-state index contributed by atoms with van der Waals surface area (Å²) in [5, 5.41) is 9.43. The lowest BCUT2D eigenvalue weighted by atomic mass is 10.0. The Bertz CT molecular complexity index is 1090. The molecule has 162 valence electrons. The third-order valence-electron chi connectivity index (χ3n) is 5.61. The van der Waals surface area contributed by atoms with Crippen LogP contribution < -0.4 is 4.90 Å². The predicted molar refractivity (Wildman–Crippen MR) is 125 cm³/mol. The van der Waals surface area contributed by atoms with E-state index in [1.807, 2.05) is 38.1 Å². The zero-order valence-electron chi connectivity index (χ0n) is 18.5. The molecule has 0 amide bonds. The lowest BCUT2D eigenvalue weighted by Crippen LogP contribution is -2.37. The minimum atomic E-state index is -0.285. The van der Waals surface area contributed by atoms with Crippen molar-refractivity contribution in [3.63, 3.8) is 0 Å². The molecule has 1 atom stereocenters. The van der Waals surface area contributed by atoms with Crippen LogP contribution >= 0.6 is 11.8 Å². The number of carbonyl (C=O) groups is 1. The fourth-order valence-corrected chi connectivity index (χ4v) is 4.58. The second-order valence-electron chi connectivity index (χ2n) is 7.98. The summed E-state index contributed by atoms with van der Waals surface area (Å²) < 4.78 is 7.57. The molecule has 1 saturated heterocycles. The number of aromatic nitrogens is 3. The minimum absolute atomic E-state index is 0.0971. The van der Waals surface area contributed by atoms with Crippen LogP contribution in [0.15, 0.2) is 47.6 Å². The Labute approximate surface area is 187 Å². The molecule has 1 aromatic heterocycles. The molecule has 0 N–H and O–H groups in total. The molecule has 1 aliphatic heterocycles. The Morgan fingerprint density at radius 3 is 2.52 bits per heavy atom. The fourth-order valence-electron chi connectivity index (χ4n) is 3.64. The molecular formula is C24H28N4O2S. The number of rotatable bonds is 6. The molecule has 0 saturated carbocycles. The number of carbonyl (C=O) groups excluding carboxylic acids is 1. The molecule has 2 heterocycles. The van der Waals surface area contributed by atoms with E-state index in [1.165, 1.54) is 17.3 Å². The van der Waals surface area contributed by atoms with Gasteiger partial charge < -0.3 is 9.64 Å². The summed E-state index contributed by atoms with van der Waals surface area (Å²) in [5.41, 5.74) is 5.21. The first kappa shape index (κ1) is 21.6. The Hall–Kier alpha value is -2.64. The van der Waals surface area contributed by atoms with E-state index in [9.17, 15) is 4.79 Å². The van der Waals surface area contributed by atoms with Gasteiger partial charge in [-0.05, 0) is 62.6 Å². The van der Waals surface area contributed by atoms with Crippen LogP contribution in [-0.4, -0.2) is 52.1 Å². The number of nitrogens with zero attached hydrogens (tertiary/aromatic N) is 4. The average molecular weight is 437 g/mol. The summed E-state index contributed by atoms with van der Waals surface area (Å²) in [6.07, 6.45) is 0. The van der Waals surface area contributed by atoms with Gasteiger partial charge in [0.2, 0.25) is 5.95 Å². The van der Waals surface area contributed by atoms with E-state index in [1.54, 1.807) is 0 Å². The van der Waals surface area contributed by atoms with Gasteiger partial charge in [0, 0.05) is 18.7 Å². The molecule has 0 spiro atoms. The Morgan fingerprint density at radius 2 is 1.81 bits per heavy atom. The van der Waals surface area contributed by atoms with E-state index in [-0.39, 0.29) is 11.0 Å². The van der Waals surface area contributed by atoms with Gasteiger partial charge in [0.25, 0.3) is 0 Å². The Morgan fingerprint density at radius 1 is 1.03 bits per heavy atom. The highest BCUT2D eigenvalue weighted by molar-refractivity contribution is 8.00. The SMILES string of the molecule is Cc1cccc(-n2c(SC(C)C(=O)c3ccc(C)c(C)c3)nnc2N2CCOCC2)c1. The lowest BCUT2D eigenvalue weighted by molar-refractivity contribution is 0.0993. The van der Waals surface area contributed by atoms with E-state index in [0.717, 1.165) is 46.6 Å². The number of thioether (sulfide) groups is 1. The van der Waals surface area contributed by atoms with Gasteiger partial charge in [-0.25, -0.2) is 0 Å². The lowest BCUT2D eigenvalue weighted by Gasteiger charge is -2.28. The highest BCUT2D eigenvalue weighted by Crippen LogP contribution is 2.31. The quantitative estimate of drug-likeness (QED) is 0.422. The smallest absolute Gasteiger partial charge is 0.232 e. The number of hydrogen-bond acceptors (Lipinski definition) is 6. The number of anilines is 1. The molecule has 3 aromatic rings. The van der Waals surface area contributed by atoms with Gasteiger partial charge in [0.15, 0.2) is 10.9 Å². The van der Waals surface area contributed by atoms with Crippen LogP contribution in [0.5, 0.6) is 0 Å². The third kappa shape index (κ3) is 4.67. The second-order valence-corrected chi connectivity index (χ2v) is 9.29. The first-order valence-corrected chi connectivity index (χ1v) is 11.5. The molecule has 7 heteroatoms. The summed E-state index contributed by atoms with van der Waals surface area (Å²) >= 11 is 1.45. The zero-order chi connectivity index (χ0) is 22.0. The molecule has 0 bridgehead atoms. The Kier molecular flexibility index (Phi) is 6.43. The zero-order valence-corrected chi connectivity index (χ0v) is 19.3. The molecule has 2 aromatic carbocycles. The highest BCUT2D eigenvalue weighted by atomic mass is 32.2. The van der Waals surface area contributed by atoms with Crippen molar-refractivity contribution in [2.24, 2.45) is 0 Å². The summed E-state index contributed by atoms with van der Waals surface area (Å²) in [4.78, 5) is 15.3. The minimum Gasteiger partial charge on any atom is -0.378 e. The van der Waals surface area contributed by atoms with Gasteiger partial charge in [-0.15, -0.1) is 10.2 Å². The van der Waals surface area contributed by atoms with Crippen LogP contribution in [0.2, 0.25) is 0 Å². The third-order valence-corrected chi connectivity index (χ3v) is 6.66. The molecule has 1 aliphatic rings. The summed E-state index contributed by atoms with van der Waals surface area (Å²) in [6, 6.07) is 14.2. The number of Topliss-reactive ketones (excluding diaryl/α,β-unsaturated/α-hetero) is 1. The molecule has 0 radical (unpaired) electrons. The van der Waals surface area contributed by atoms with E-state index in [0.29, 0.717) is 13.2 Å². The van der Waals surface area contributed by atoms with E-state index < -0.39 is 0 Å². The van der Waals surface area contributed by atoms with Crippen molar-refractivity contribution < 1.29 is 9.53 Å². The normalized spacial score (nSPS) is 15.2. The van der Waals surface area contributed by atoms with Gasteiger partial charge in [0.1, 0.15) is 0 Å². The number of morpholine rings is 1. The maximum atomic E-state index is 13.1. The summed E-state index contributed by atoms with van der Waals surface area (Å²) in [6.45, 7) is 11.0. The molecule has 1 unspecified atom stereocenters. The molecule has 6 nitrogen and oxygen atoms in total. The van der Waals surface area contributed by atoms with Gasteiger partial charge >= 0.3 is 0 Å². The van der Waals surface area contributed by atoms with Gasteiger partial charge in [-0.3, -0.25) is 9.36 Å². The van der Waals surface area contributed by atoms with Crippen molar-refractivity contribution in [3.05, 3.63) is 64.7 Å². The number of hydrogen-bond donors (Lipinski definition) is 0. The van der Waals surface area contributed by atoms with E-state index in [4.69, 9.17) is 4.74 Å². The van der Waals surface area contributed by atoms with Gasteiger partial charge in [-0.2, -0.15) is 0 Å². The van der Waals surface area contributed by atoms with Crippen LogP contribution in [0.3, 0.4) is 0 Å². The van der Waals surface area contributed by atoms with Crippen molar-refractivity contribution in [3.8, 4) is 5.69 Å². The number of ketones is 1. The first-order valence-electron chi connectivity index (χ1n) is 10.6. The molecule has 1 fully saturated rings. The van der Waals surface area contributed by atoms with Crippen molar-refractivity contribution in [2.45, 2.75) is 38.1 Å². The van der Waals surface area contributed by atoms with Crippen molar-refractivity contribution in [1.29, 1.82) is 0 Å². The standard InChI is InChI=1S/C24H28N4O2S/c1-16-6-5-7-21(14-16)28-23(27-10-12-30-13-11-27)25-26-24(28)31-19(4)22(29)20-9-8-17(2)18(3)15-20/h5-9,14-15,19H,10-13H2,1-4H3. The molecule has 4 rings (SSSR count). The van der Waals surface area contributed by atoms with Crippen LogP contribution in [0, 0.1) is 20.8 Å². The number of ether oxygens (including phenoxy) is 1. The summed E-state index contributed by atoms with van der Waals surface area (Å²) in [7, 11) is 0. The van der Waals surface area contributed by atoms with Crippen LogP contribution in [0.25, 0.3) is 5.69 Å².